The minimum Gasteiger partial charge on any atom is -0.481 e. The molecule has 0 saturated heterocycles. The van der Waals surface area contributed by atoms with E-state index in [0.717, 1.165) is 34.9 Å². The lowest BCUT2D eigenvalue weighted by Gasteiger charge is -2.23. The number of carboxylic acids is 1. The lowest BCUT2D eigenvalue weighted by atomic mass is 9.82. The van der Waals surface area contributed by atoms with E-state index in [9.17, 15) is 4.79 Å². The highest BCUT2D eigenvalue weighted by molar-refractivity contribution is 9.10. The van der Waals surface area contributed by atoms with Gasteiger partial charge < -0.3 is 5.11 Å². The summed E-state index contributed by atoms with van der Waals surface area (Å²) < 4.78 is 1.06. The molecule has 0 aliphatic heterocycles. The number of fused-ring (bicyclic) bond motifs is 1. The van der Waals surface area contributed by atoms with Crippen molar-refractivity contribution in [1.82, 2.24) is 0 Å². The van der Waals surface area contributed by atoms with Gasteiger partial charge in [0, 0.05) is 4.47 Å². The highest BCUT2D eigenvalue weighted by Gasteiger charge is 2.27. The van der Waals surface area contributed by atoms with Crippen LogP contribution in [0.4, 0.5) is 0 Å². The summed E-state index contributed by atoms with van der Waals surface area (Å²) in [6.45, 7) is 2.00. The number of carbonyl (C=O) groups is 1. The Hall–Kier alpha value is -0.830. The normalized spacial score (nSPS) is 19.7. The molecule has 0 bridgehead atoms. The van der Waals surface area contributed by atoms with Crippen molar-refractivity contribution in [2.75, 3.05) is 0 Å². The zero-order valence-corrected chi connectivity index (χ0v) is 10.2. The molecule has 1 N–H and O–H groups in total. The monoisotopic (exact) mass is 268 g/mol. The quantitative estimate of drug-likeness (QED) is 0.849. The highest BCUT2D eigenvalue weighted by atomic mass is 79.9. The number of aliphatic carboxylic acids is 1. The maximum absolute atomic E-state index is 11.1. The van der Waals surface area contributed by atoms with Crippen LogP contribution in [0.1, 0.15) is 35.4 Å². The molecule has 0 spiro atoms. The van der Waals surface area contributed by atoms with Gasteiger partial charge in [0.05, 0.1) is 5.92 Å². The molecule has 2 rings (SSSR count). The smallest absolute Gasteiger partial charge is 0.310 e. The summed E-state index contributed by atoms with van der Waals surface area (Å²) in [5.74, 6) is -1.02. The zero-order chi connectivity index (χ0) is 11.0. The van der Waals surface area contributed by atoms with Crippen LogP contribution in [0.3, 0.4) is 0 Å². The van der Waals surface area contributed by atoms with E-state index in [0.29, 0.717) is 0 Å². The second kappa shape index (κ2) is 3.97. The Morgan fingerprint density at radius 2 is 2.27 bits per heavy atom. The van der Waals surface area contributed by atoms with E-state index >= 15 is 0 Å². The van der Waals surface area contributed by atoms with Gasteiger partial charge in [0.25, 0.3) is 0 Å². The number of carboxylic acid groups (broad SMARTS) is 1. The lowest BCUT2D eigenvalue weighted by Crippen LogP contribution is -2.18. The summed E-state index contributed by atoms with van der Waals surface area (Å²) >= 11 is 3.52. The minimum atomic E-state index is -0.701. The Bertz CT molecular complexity index is 412. The topological polar surface area (TPSA) is 37.3 Å². The largest absolute Gasteiger partial charge is 0.481 e. The van der Waals surface area contributed by atoms with Gasteiger partial charge in [-0.15, -0.1) is 0 Å². The molecular weight excluding hydrogens is 256 g/mol. The number of rotatable bonds is 1. The average Bonchev–Trinajstić information content (AvgIpc) is 2.16. The molecule has 0 radical (unpaired) electrons. The molecule has 3 heteroatoms. The molecular formula is C12H13BrO2. The summed E-state index contributed by atoms with van der Waals surface area (Å²) in [5.41, 5.74) is 3.30. The molecule has 0 heterocycles. The predicted molar refractivity (Wildman–Crippen MR) is 62.2 cm³/mol. The molecule has 15 heavy (non-hydrogen) atoms. The van der Waals surface area contributed by atoms with Crippen LogP contribution in [0.25, 0.3) is 0 Å². The van der Waals surface area contributed by atoms with Crippen LogP contribution in [-0.4, -0.2) is 11.1 Å². The van der Waals surface area contributed by atoms with E-state index in [1.807, 2.05) is 13.0 Å². The van der Waals surface area contributed by atoms with Crippen LogP contribution in [0.15, 0.2) is 16.6 Å². The van der Waals surface area contributed by atoms with E-state index in [2.05, 4.69) is 22.0 Å². The SMILES string of the molecule is Cc1cc(Br)c2c(c1)C(C(=O)O)CCC2. The lowest BCUT2D eigenvalue weighted by molar-refractivity contribution is -0.139. The molecule has 1 aromatic rings. The first-order valence-electron chi connectivity index (χ1n) is 5.11. The molecule has 1 unspecified atom stereocenters. The third kappa shape index (κ3) is 1.93. The molecule has 80 valence electrons. The van der Waals surface area contributed by atoms with Crippen molar-refractivity contribution in [3.8, 4) is 0 Å². The van der Waals surface area contributed by atoms with Gasteiger partial charge in [0.1, 0.15) is 0 Å². The van der Waals surface area contributed by atoms with Crippen molar-refractivity contribution in [3.05, 3.63) is 33.3 Å². The molecule has 1 atom stereocenters. The van der Waals surface area contributed by atoms with Crippen LogP contribution in [0, 0.1) is 6.92 Å². The zero-order valence-electron chi connectivity index (χ0n) is 8.59. The van der Waals surface area contributed by atoms with Gasteiger partial charge in [-0.05, 0) is 48.9 Å². The van der Waals surface area contributed by atoms with Crippen LogP contribution in [-0.2, 0) is 11.2 Å². The average molecular weight is 269 g/mol. The van der Waals surface area contributed by atoms with Gasteiger partial charge in [0.2, 0.25) is 0 Å². The van der Waals surface area contributed by atoms with E-state index < -0.39 is 5.97 Å². The van der Waals surface area contributed by atoms with E-state index in [1.165, 1.54) is 5.56 Å². The van der Waals surface area contributed by atoms with Gasteiger partial charge in [-0.1, -0.05) is 22.0 Å². The third-order valence-corrected chi connectivity index (χ3v) is 3.67. The molecule has 1 aromatic carbocycles. The number of hydrogen-bond acceptors (Lipinski definition) is 1. The fourth-order valence-electron chi connectivity index (χ4n) is 2.27. The van der Waals surface area contributed by atoms with E-state index in [4.69, 9.17) is 5.11 Å². The van der Waals surface area contributed by atoms with Gasteiger partial charge in [-0.25, -0.2) is 0 Å². The van der Waals surface area contributed by atoms with Crippen LogP contribution in [0.5, 0.6) is 0 Å². The minimum absolute atomic E-state index is 0.315. The Balaban J connectivity index is 2.55. The molecule has 1 aliphatic rings. The Labute approximate surface area is 97.4 Å². The van der Waals surface area contributed by atoms with Gasteiger partial charge in [-0.3, -0.25) is 4.79 Å². The predicted octanol–water partition coefficient (Wildman–Crippen LogP) is 3.26. The first kappa shape index (κ1) is 10.7. The van der Waals surface area contributed by atoms with Crippen molar-refractivity contribution in [2.45, 2.75) is 32.1 Å². The first-order chi connectivity index (χ1) is 7.09. The molecule has 1 aliphatic carbocycles. The highest BCUT2D eigenvalue weighted by Crippen LogP contribution is 2.36. The van der Waals surface area contributed by atoms with Gasteiger partial charge in [0.15, 0.2) is 0 Å². The maximum Gasteiger partial charge on any atom is 0.310 e. The first-order valence-corrected chi connectivity index (χ1v) is 5.90. The van der Waals surface area contributed by atoms with Crippen molar-refractivity contribution in [3.63, 3.8) is 0 Å². The maximum atomic E-state index is 11.1. The summed E-state index contributed by atoms with van der Waals surface area (Å²) in [4.78, 5) is 11.1. The number of halogens is 1. The van der Waals surface area contributed by atoms with Gasteiger partial charge >= 0.3 is 5.97 Å². The fourth-order valence-corrected chi connectivity index (χ4v) is 3.06. The summed E-state index contributed by atoms with van der Waals surface area (Å²) in [5, 5.41) is 9.15. The van der Waals surface area contributed by atoms with Crippen LogP contribution >= 0.6 is 15.9 Å². The summed E-state index contributed by atoms with van der Waals surface area (Å²) in [6.07, 6.45) is 2.71. The molecule has 0 saturated carbocycles. The number of aryl methyl sites for hydroxylation is 1. The second-order valence-electron chi connectivity index (χ2n) is 4.10. The summed E-state index contributed by atoms with van der Waals surface area (Å²) in [6, 6.07) is 4.07. The number of benzene rings is 1. The van der Waals surface area contributed by atoms with Gasteiger partial charge in [-0.2, -0.15) is 0 Å². The van der Waals surface area contributed by atoms with Crippen molar-refractivity contribution in [2.24, 2.45) is 0 Å². The van der Waals surface area contributed by atoms with Crippen LogP contribution in [0.2, 0.25) is 0 Å². The Morgan fingerprint density at radius 1 is 1.53 bits per heavy atom. The molecule has 0 aromatic heterocycles. The van der Waals surface area contributed by atoms with Crippen LogP contribution < -0.4 is 0 Å². The number of hydrogen-bond donors (Lipinski definition) is 1. The molecule has 0 fully saturated rings. The van der Waals surface area contributed by atoms with Crippen molar-refractivity contribution in [1.29, 1.82) is 0 Å². The molecule has 0 amide bonds. The summed E-state index contributed by atoms with van der Waals surface area (Å²) in [7, 11) is 0. The van der Waals surface area contributed by atoms with Crippen molar-refractivity contribution >= 4 is 21.9 Å². The van der Waals surface area contributed by atoms with Crippen molar-refractivity contribution < 1.29 is 9.90 Å². The third-order valence-electron chi connectivity index (χ3n) is 2.97. The Morgan fingerprint density at radius 3 is 2.93 bits per heavy atom. The Kier molecular flexibility index (Phi) is 2.83. The molecule has 2 nitrogen and oxygen atoms in total. The standard InChI is InChI=1S/C12H13BrO2/c1-7-5-10-8(11(13)6-7)3-2-4-9(10)12(14)15/h5-6,9H,2-4H2,1H3,(H,14,15). The fraction of sp³-hybridized carbons (Fsp3) is 0.417. The van der Waals surface area contributed by atoms with E-state index in [1.54, 1.807) is 0 Å². The second-order valence-corrected chi connectivity index (χ2v) is 4.95. The van der Waals surface area contributed by atoms with E-state index in [-0.39, 0.29) is 5.92 Å².